The van der Waals surface area contributed by atoms with Crippen LogP contribution in [0.25, 0.3) is 11.0 Å². The third-order valence-electron chi connectivity index (χ3n) is 3.68. The topological polar surface area (TPSA) is 64.7 Å². The van der Waals surface area contributed by atoms with Crippen molar-refractivity contribution in [1.29, 1.82) is 0 Å². The largest absolute Gasteiger partial charge is 0.305 e. The van der Waals surface area contributed by atoms with E-state index < -0.39 is 0 Å². The summed E-state index contributed by atoms with van der Waals surface area (Å²) >= 11 is 0. The van der Waals surface area contributed by atoms with Gasteiger partial charge in [0.1, 0.15) is 0 Å². The number of para-hydroxylation sites is 2. The average molecular weight is 311 g/mol. The van der Waals surface area contributed by atoms with E-state index >= 15 is 0 Å². The van der Waals surface area contributed by atoms with E-state index in [1.54, 1.807) is 17.1 Å². The summed E-state index contributed by atoms with van der Waals surface area (Å²) in [4.78, 5) is 17.1. The highest BCUT2D eigenvalue weighted by atomic mass is 16.1. The predicted octanol–water partition coefficient (Wildman–Crippen LogP) is 3.26. The maximum Gasteiger partial charge on any atom is 0.261 e. The monoisotopic (exact) mass is 311 g/mol. The lowest BCUT2D eigenvalue weighted by molar-refractivity contribution is 0.102. The maximum absolute atomic E-state index is 12.5. The SMILES string of the molecule is CCn1cc(C(=O)Nc2nc3ccccc3n2C(C)(C)C)cn1. The van der Waals surface area contributed by atoms with Crippen LogP contribution in [0.5, 0.6) is 0 Å². The number of aryl methyl sites for hydroxylation is 1. The third-order valence-corrected chi connectivity index (χ3v) is 3.68. The van der Waals surface area contributed by atoms with E-state index in [0.717, 1.165) is 17.6 Å². The normalized spacial score (nSPS) is 11.8. The molecule has 6 heteroatoms. The van der Waals surface area contributed by atoms with Gasteiger partial charge in [0, 0.05) is 18.3 Å². The number of hydrogen-bond acceptors (Lipinski definition) is 3. The first-order valence-corrected chi connectivity index (χ1v) is 7.72. The number of nitrogens with one attached hydrogen (secondary N) is 1. The van der Waals surface area contributed by atoms with Gasteiger partial charge >= 0.3 is 0 Å². The number of carbonyl (C=O) groups excluding carboxylic acids is 1. The van der Waals surface area contributed by atoms with E-state index in [4.69, 9.17) is 0 Å². The molecule has 0 aliphatic heterocycles. The quantitative estimate of drug-likeness (QED) is 0.807. The number of amides is 1. The molecule has 1 aromatic carbocycles. The van der Waals surface area contributed by atoms with Crippen molar-refractivity contribution in [2.75, 3.05) is 5.32 Å². The molecule has 0 spiro atoms. The molecule has 0 unspecified atom stereocenters. The van der Waals surface area contributed by atoms with E-state index in [2.05, 4.69) is 36.2 Å². The van der Waals surface area contributed by atoms with Gasteiger partial charge in [0.25, 0.3) is 5.91 Å². The number of aromatic nitrogens is 4. The van der Waals surface area contributed by atoms with E-state index in [0.29, 0.717) is 11.5 Å². The van der Waals surface area contributed by atoms with Crippen LogP contribution in [0.3, 0.4) is 0 Å². The van der Waals surface area contributed by atoms with Gasteiger partial charge in [-0.05, 0) is 39.8 Å². The van der Waals surface area contributed by atoms with Crippen LogP contribution in [0.2, 0.25) is 0 Å². The Hall–Kier alpha value is -2.63. The van der Waals surface area contributed by atoms with Gasteiger partial charge in [0.15, 0.2) is 0 Å². The summed E-state index contributed by atoms with van der Waals surface area (Å²) in [5.74, 6) is 0.346. The summed E-state index contributed by atoms with van der Waals surface area (Å²) in [6, 6.07) is 7.88. The highest BCUT2D eigenvalue weighted by Gasteiger charge is 2.23. The van der Waals surface area contributed by atoms with Crippen LogP contribution in [0, 0.1) is 0 Å². The van der Waals surface area contributed by atoms with Crippen LogP contribution >= 0.6 is 0 Å². The number of rotatable bonds is 3. The molecule has 0 atom stereocenters. The fourth-order valence-corrected chi connectivity index (χ4v) is 2.62. The Morgan fingerprint density at radius 2 is 2.00 bits per heavy atom. The lowest BCUT2D eigenvalue weighted by Gasteiger charge is -2.24. The summed E-state index contributed by atoms with van der Waals surface area (Å²) in [5.41, 5.74) is 2.19. The van der Waals surface area contributed by atoms with Gasteiger partial charge in [0.05, 0.1) is 22.8 Å². The lowest BCUT2D eigenvalue weighted by Crippen LogP contribution is -2.25. The highest BCUT2D eigenvalue weighted by molar-refractivity contribution is 6.03. The van der Waals surface area contributed by atoms with Crippen LogP contribution in [0.1, 0.15) is 38.1 Å². The van der Waals surface area contributed by atoms with Crippen molar-refractivity contribution in [3.05, 3.63) is 42.2 Å². The van der Waals surface area contributed by atoms with Crippen LogP contribution in [-0.4, -0.2) is 25.2 Å². The number of benzene rings is 1. The minimum atomic E-state index is -0.203. The molecule has 0 aliphatic carbocycles. The summed E-state index contributed by atoms with van der Waals surface area (Å²) in [5, 5.41) is 7.06. The number of anilines is 1. The second-order valence-corrected chi connectivity index (χ2v) is 6.47. The molecule has 0 saturated heterocycles. The van der Waals surface area contributed by atoms with Crippen molar-refractivity contribution in [3.63, 3.8) is 0 Å². The molecule has 2 heterocycles. The number of nitrogens with zero attached hydrogens (tertiary/aromatic N) is 4. The van der Waals surface area contributed by atoms with Crippen molar-refractivity contribution in [1.82, 2.24) is 19.3 Å². The van der Waals surface area contributed by atoms with Gasteiger partial charge in [-0.25, -0.2) is 4.98 Å². The fraction of sp³-hybridized carbons (Fsp3) is 0.353. The highest BCUT2D eigenvalue weighted by Crippen LogP contribution is 2.28. The zero-order valence-electron chi connectivity index (χ0n) is 13.9. The van der Waals surface area contributed by atoms with E-state index in [1.807, 2.05) is 35.8 Å². The first-order valence-electron chi connectivity index (χ1n) is 7.72. The second-order valence-electron chi connectivity index (χ2n) is 6.47. The molecule has 0 aliphatic rings. The van der Waals surface area contributed by atoms with E-state index in [-0.39, 0.29) is 11.4 Å². The Morgan fingerprint density at radius 1 is 1.26 bits per heavy atom. The molecule has 0 fully saturated rings. The molecule has 0 bridgehead atoms. The third kappa shape index (κ3) is 2.84. The van der Waals surface area contributed by atoms with Gasteiger partial charge in [-0.2, -0.15) is 5.10 Å². The van der Waals surface area contributed by atoms with Crippen LogP contribution < -0.4 is 5.32 Å². The second kappa shape index (κ2) is 5.53. The van der Waals surface area contributed by atoms with Crippen molar-refractivity contribution in [2.24, 2.45) is 0 Å². The van der Waals surface area contributed by atoms with Crippen molar-refractivity contribution in [3.8, 4) is 0 Å². The summed E-state index contributed by atoms with van der Waals surface area (Å²) < 4.78 is 3.77. The molecule has 1 amide bonds. The number of carbonyl (C=O) groups is 1. The van der Waals surface area contributed by atoms with E-state index in [1.165, 1.54) is 0 Å². The standard InChI is InChI=1S/C17H21N5O/c1-5-21-11-12(10-18-21)15(23)20-16-19-13-8-6-7-9-14(13)22(16)17(2,3)4/h6-11H,5H2,1-4H3,(H,19,20,23). The van der Waals surface area contributed by atoms with Gasteiger partial charge in [-0.3, -0.25) is 14.8 Å². The van der Waals surface area contributed by atoms with Crippen molar-refractivity contribution in [2.45, 2.75) is 39.8 Å². The van der Waals surface area contributed by atoms with Crippen LogP contribution in [-0.2, 0) is 12.1 Å². The Balaban J connectivity index is 2.01. The fourth-order valence-electron chi connectivity index (χ4n) is 2.62. The molecule has 0 saturated carbocycles. The maximum atomic E-state index is 12.5. The van der Waals surface area contributed by atoms with Gasteiger partial charge < -0.3 is 4.57 Å². The first kappa shape index (κ1) is 15.3. The Bertz CT molecular complexity index is 853. The molecule has 1 N–H and O–H groups in total. The number of fused-ring (bicyclic) bond motifs is 1. The molecule has 3 rings (SSSR count). The molecular formula is C17H21N5O. The zero-order chi connectivity index (χ0) is 16.6. The minimum Gasteiger partial charge on any atom is -0.305 e. The Labute approximate surface area is 135 Å². The lowest BCUT2D eigenvalue weighted by atomic mass is 10.1. The minimum absolute atomic E-state index is 0.202. The van der Waals surface area contributed by atoms with Gasteiger partial charge in [-0.15, -0.1) is 0 Å². The van der Waals surface area contributed by atoms with Crippen molar-refractivity contribution >= 4 is 22.9 Å². The molecule has 0 radical (unpaired) electrons. The smallest absolute Gasteiger partial charge is 0.261 e. The average Bonchev–Trinajstić information content (AvgIpc) is 3.10. The molecule has 23 heavy (non-hydrogen) atoms. The van der Waals surface area contributed by atoms with Crippen LogP contribution in [0.15, 0.2) is 36.7 Å². The molecule has 3 aromatic rings. The van der Waals surface area contributed by atoms with Gasteiger partial charge in [0.2, 0.25) is 5.95 Å². The molecule has 2 aromatic heterocycles. The Kier molecular flexibility index (Phi) is 3.67. The molecule has 120 valence electrons. The summed E-state index contributed by atoms with van der Waals surface area (Å²) in [7, 11) is 0. The summed E-state index contributed by atoms with van der Waals surface area (Å²) in [6.45, 7) is 8.98. The number of imidazole rings is 1. The van der Waals surface area contributed by atoms with E-state index in [9.17, 15) is 4.79 Å². The predicted molar refractivity (Wildman–Crippen MR) is 90.6 cm³/mol. The van der Waals surface area contributed by atoms with Crippen molar-refractivity contribution < 1.29 is 4.79 Å². The number of hydrogen-bond donors (Lipinski definition) is 1. The zero-order valence-corrected chi connectivity index (χ0v) is 13.9. The Morgan fingerprint density at radius 3 is 2.65 bits per heavy atom. The molecular weight excluding hydrogens is 290 g/mol. The van der Waals surface area contributed by atoms with Gasteiger partial charge in [-0.1, -0.05) is 12.1 Å². The van der Waals surface area contributed by atoms with Crippen LogP contribution in [0.4, 0.5) is 5.95 Å². The summed E-state index contributed by atoms with van der Waals surface area (Å²) in [6.07, 6.45) is 3.31. The molecule has 6 nitrogen and oxygen atoms in total. The first-order chi connectivity index (χ1) is 10.9.